The second-order valence-electron chi connectivity index (χ2n) is 20.1. The van der Waals surface area contributed by atoms with E-state index in [0.29, 0.717) is 35.0 Å². The third kappa shape index (κ3) is 29.0. The topological polar surface area (TPSA) is 381 Å². The number of carboxylic acid groups (broad SMARTS) is 3. The van der Waals surface area contributed by atoms with Crippen molar-refractivity contribution in [3.05, 3.63) is 50.6 Å². The summed E-state index contributed by atoms with van der Waals surface area (Å²) in [6.07, 6.45) is 10.0. The van der Waals surface area contributed by atoms with Crippen LogP contribution in [-0.4, -0.2) is 214 Å². The number of aliphatic imine (C=N–C) groups is 4. The number of aliphatic hydroxyl groups excluding tert-OH is 1. The molecule has 2 aliphatic rings. The van der Waals surface area contributed by atoms with Crippen LogP contribution < -0.4 is 5.23 Å². The van der Waals surface area contributed by atoms with Crippen LogP contribution in [0.1, 0.15) is 75.7 Å². The van der Waals surface area contributed by atoms with Gasteiger partial charge in [0.1, 0.15) is 12.1 Å². The normalized spacial score (nSPS) is 18.8. The smallest absolute Gasteiger partial charge is 0.327 e. The molecule has 6 N–H and O–H groups in total. The van der Waals surface area contributed by atoms with Gasteiger partial charge >= 0.3 is 340 Å². The molecule has 8 atom stereocenters. The Morgan fingerprint density at radius 1 is 0.762 bits per heavy atom. The van der Waals surface area contributed by atoms with E-state index in [1.54, 1.807) is 74.4 Å². The summed E-state index contributed by atoms with van der Waals surface area (Å²) in [5.41, 5.74) is -3.20. The number of likely N-dealkylation sites (tertiary alicyclic amines) is 1. The summed E-state index contributed by atoms with van der Waals surface area (Å²) >= 11 is 2.15. The molecule has 0 aromatic heterocycles. The zero-order chi connectivity index (χ0) is 63.6. The number of methoxy groups -OCH3 is 2. The molecule has 32 heteroatoms. The SMILES string of the molecule is C=CC(C)(C)C(N=CB=O)C(=O)O.C=CC(C)(C)C(N=CB=O)C(=O)O.C=CC(C)(C)C(N=CB=O)C(=O)OC.C=CC(C)(C)[C@H](NB(C)O)C(=O)OC.O=BC=N[C@H]1CC(CI)OC1=O.[B]C(=O)N1C[C@@H](O)C(C)(C)[C@H]1C(=O)O. The van der Waals surface area contributed by atoms with Gasteiger partial charge in [-0.1, -0.05) is 33.8 Å². The van der Waals surface area contributed by atoms with E-state index in [2.05, 4.69) is 83.6 Å². The van der Waals surface area contributed by atoms with E-state index in [4.69, 9.17) is 27.9 Å². The fourth-order valence-corrected chi connectivity index (χ4v) is 6.89. The molecule has 4 unspecified atom stereocenters. The number of esters is 3. The Labute approximate surface area is 485 Å². The summed E-state index contributed by atoms with van der Waals surface area (Å²) < 4.78 is 54.9. The molecule has 2 radical (unpaired) electrons. The molecule has 80 heavy (non-hydrogen) atoms. The van der Waals surface area contributed by atoms with Crippen LogP contribution in [0.5, 0.6) is 0 Å². The van der Waals surface area contributed by atoms with Gasteiger partial charge in [0, 0.05) is 17.4 Å². The van der Waals surface area contributed by atoms with Gasteiger partial charge in [-0.3, -0.25) is 9.59 Å². The molecular formula is C48H75B6IN6O19. The summed E-state index contributed by atoms with van der Waals surface area (Å²) in [6.45, 7) is 33.1. The maximum atomic E-state index is 11.4. The number of nitrogens with zero attached hydrogens (tertiary/aromatic N) is 5. The molecular weight excluding hydrogens is 1160 g/mol. The molecule has 0 saturated carbocycles. The number of hydrogen-bond donors (Lipinski definition) is 6. The molecule has 0 spiro atoms. The summed E-state index contributed by atoms with van der Waals surface area (Å²) in [6, 6.07) is -4.77. The minimum Gasteiger partial charge on any atom is -0.480 e. The Morgan fingerprint density at radius 2 is 1.14 bits per heavy atom. The van der Waals surface area contributed by atoms with E-state index in [0.717, 1.165) is 33.8 Å². The van der Waals surface area contributed by atoms with Crippen molar-refractivity contribution in [1.82, 2.24) is 10.1 Å². The molecule has 2 heterocycles. The van der Waals surface area contributed by atoms with Crippen molar-refractivity contribution in [3.63, 3.8) is 0 Å². The van der Waals surface area contributed by atoms with E-state index in [1.165, 1.54) is 26.4 Å². The Morgan fingerprint density at radius 3 is 1.41 bits per heavy atom. The van der Waals surface area contributed by atoms with Crippen LogP contribution in [0, 0.1) is 27.1 Å². The van der Waals surface area contributed by atoms with Crippen molar-refractivity contribution in [1.29, 1.82) is 0 Å². The van der Waals surface area contributed by atoms with Crippen LogP contribution >= 0.6 is 22.6 Å². The number of β-amino-alcohol motifs (C(OH)–C–C–N with tert-alkyl or cyclic N) is 1. The first kappa shape index (κ1) is 80.6. The maximum absolute atomic E-state index is 11.4. The van der Waals surface area contributed by atoms with Gasteiger partial charge in [-0.2, -0.15) is 0 Å². The fraction of sp³-hybridized carbons (Fsp3) is 0.604. The van der Waals surface area contributed by atoms with E-state index in [-0.39, 0.29) is 18.6 Å². The first-order chi connectivity index (χ1) is 36.8. The predicted octanol–water partition coefficient (Wildman–Crippen LogP) is 2.33. The van der Waals surface area contributed by atoms with Gasteiger partial charge < -0.3 is 30.1 Å². The predicted molar refractivity (Wildman–Crippen MR) is 313 cm³/mol. The van der Waals surface area contributed by atoms with Crippen LogP contribution in [0.15, 0.2) is 70.6 Å². The second kappa shape index (κ2) is 39.5. The average Bonchev–Trinajstić information content (AvgIpc) is 3.88. The first-order valence-corrected chi connectivity index (χ1v) is 25.5. The molecule has 0 aliphatic carbocycles. The number of amides is 1. The summed E-state index contributed by atoms with van der Waals surface area (Å²) in [7, 11) is 8.85. The summed E-state index contributed by atoms with van der Waals surface area (Å²) in [5.74, 6) is -5.31. The Balaban J connectivity index is -0.000000433. The number of hydrogen-bond acceptors (Lipinski definition) is 21. The van der Waals surface area contributed by atoms with Crippen LogP contribution in [0.25, 0.3) is 0 Å². The van der Waals surface area contributed by atoms with E-state index in [9.17, 15) is 62.5 Å². The monoisotopic (exact) mass is 1230 g/mol. The van der Waals surface area contributed by atoms with Crippen LogP contribution in [0.2, 0.25) is 6.82 Å². The van der Waals surface area contributed by atoms with Crippen molar-refractivity contribution < 1.29 is 92.0 Å². The molecule has 0 bridgehead atoms. The summed E-state index contributed by atoms with van der Waals surface area (Å²) in [4.78, 5) is 92.8. The Kier molecular flexibility index (Phi) is 39.8. The van der Waals surface area contributed by atoms with Gasteiger partial charge in [-0.25, -0.2) is 4.79 Å². The molecule has 2 rings (SSSR count). The minimum atomic E-state index is -1.15. The third-order valence-electron chi connectivity index (χ3n) is 11.9. The summed E-state index contributed by atoms with van der Waals surface area (Å²) in [5, 5.41) is 48.0. The number of aliphatic hydroxyl groups is 1. The molecule has 25 nitrogen and oxygen atoms in total. The van der Waals surface area contributed by atoms with Crippen LogP contribution in [0.3, 0.4) is 0 Å². The molecule has 2 saturated heterocycles. The number of ether oxygens (including phenoxy) is 3. The Bertz CT molecular complexity index is 2210. The first-order valence-electron chi connectivity index (χ1n) is 24.0. The van der Waals surface area contributed by atoms with Crippen molar-refractivity contribution in [2.75, 3.05) is 25.2 Å². The zero-order valence-corrected chi connectivity index (χ0v) is 49.9. The number of carbonyl (C=O) groups is 7. The molecule has 436 valence electrons. The van der Waals surface area contributed by atoms with E-state index in [1.807, 2.05) is 13.8 Å². The number of carbonyl (C=O) groups excluding carboxylic acids is 4. The number of halogens is 1. The molecule has 2 fully saturated rings. The zero-order valence-electron chi connectivity index (χ0n) is 47.7. The van der Waals surface area contributed by atoms with E-state index >= 15 is 0 Å². The number of alkyl halides is 1. The van der Waals surface area contributed by atoms with Crippen molar-refractivity contribution in [2.45, 2.75) is 131 Å². The number of rotatable bonds is 24. The Hall–Kier alpha value is -5.87. The van der Waals surface area contributed by atoms with Gasteiger partial charge in [0.2, 0.25) is 7.85 Å². The van der Waals surface area contributed by atoms with Gasteiger partial charge in [-0.15, -0.1) is 6.58 Å². The van der Waals surface area contributed by atoms with Crippen molar-refractivity contribution in [3.8, 4) is 0 Å². The van der Waals surface area contributed by atoms with Crippen molar-refractivity contribution >= 4 is 132 Å². The number of cyclic esters (lactones) is 1. The number of aliphatic carboxylic acids is 3. The molecule has 0 aromatic rings. The van der Waals surface area contributed by atoms with Gasteiger partial charge in [-0.05, 0) is 6.82 Å². The third-order valence-corrected chi connectivity index (χ3v) is 12.9. The average molecular weight is 1230 g/mol. The largest absolute Gasteiger partial charge is 0.480 e. The molecule has 0 aromatic carbocycles. The minimum absolute atomic E-state index is 0.0285. The van der Waals surface area contributed by atoms with Gasteiger partial charge in [0.25, 0.3) is 0 Å². The quantitative estimate of drug-likeness (QED) is 0.0154. The fourth-order valence-electron chi connectivity index (χ4n) is 6.35. The molecule has 2 aliphatic heterocycles. The van der Waals surface area contributed by atoms with Crippen molar-refractivity contribution in [2.24, 2.45) is 47.0 Å². The van der Waals surface area contributed by atoms with Crippen LogP contribution in [-0.2, 0) is 61.8 Å². The van der Waals surface area contributed by atoms with Gasteiger partial charge in [0.15, 0.2) is 5.81 Å². The number of carboxylic acids is 3. The van der Waals surface area contributed by atoms with Crippen LogP contribution in [0.4, 0.5) is 4.79 Å². The standard InChI is InChI=1S/C9H18BNO3.C9H14BNO3.C8H12BNO4.2C8H12BNO3.C6H7BINO3/c1-6-9(2,3)7(8(12)14-5)11-10(4)13;1-5-9(2,3)7(8(12)14-4)11-6-10-13;1-8(2)4(11)3-10(7(9)14)5(8)6(12)13;2*1-4-8(2,3)6(7(11)12)10-5-9-13;8-2-4-1-5(6(10)12-4)9-3-7-11/h6-7,11,13H,1H2,2-5H3;5-7H,1H2,2-4H3;4-5,11H,3H2,1-2H3,(H,12,13);2*4-6H,1H2,2-3H3,(H,11,12);3-5H,1-2H2/t7-;;4-,5-;;;4?,5-/m1.1..0/s1. The van der Waals surface area contributed by atoms with Gasteiger partial charge in [0.05, 0.1) is 13.2 Å². The van der Waals surface area contributed by atoms with E-state index < -0.39 is 112 Å². The maximum Gasteiger partial charge on any atom is 0.327 e. The second-order valence-corrected chi connectivity index (χ2v) is 21.0. The number of nitrogens with one attached hydrogen (secondary N) is 1. The molecule has 1 amide bonds.